The van der Waals surface area contributed by atoms with Gasteiger partial charge in [0.05, 0.1) is 3.57 Å². The summed E-state index contributed by atoms with van der Waals surface area (Å²) in [5.74, 6) is -1.01. The molecule has 1 N–H and O–H groups in total. The number of carboxylic acids is 1. The van der Waals surface area contributed by atoms with E-state index in [1.807, 2.05) is 6.07 Å². The van der Waals surface area contributed by atoms with Crippen LogP contribution in [0, 0.1) is 3.57 Å². The van der Waals surface area contributed by atoms with Crippen molar-refractivity contribution in [2.45, 2.75) is 0 Å². The van der Waals surface area contributed by atoms with Crippen LogP contribution in [0.4, 0.5) is 0 Å². The molecule has 2 aromatic heterocycles. The zero-order chi connectivity index (χ0) is 10.3. The molecule has 0 saturated heterocycles. The van der Waals surface area contributed by atoms with E-state index in [-0.39, 0.29) is 5.69 Å². The van der Waals surface area contributed by atoms with E-state index in [1.54, 1.807) is 10.6 Å². The Labute approximate surface area is 101 Å². The van der Waals surface area contributed by atoms with Crippen LogP contribution in [-0.2, 0) is 0 Å². The Kier molecular flexibility index (Phi) is 2.48. The number of imidazole rings is 1. The largest absolute Gasteiger partial charge is 0.476 e. The second kappa shape index (κ2) is 3.50. The number of fused-ring (bicyclic) bond motifs is 1. The Balaban J connectivity index is 2.76. The van der Waals surface area contributed by atoms with Crippen LogP contribution in [0.25, 0.3) is 5.65 Å². The first kappa shape index (κ1) is 9.91. The highest BCUT2D eigenvalue weighted by Gasteiger charge is 2.10. The van der Waals surface area contributed by atoms with Crippen molar-refractivity contribution >= 4 is 50.1 Å². The van der Waals surface area contributed by atoms with E-state index in [0.29, 0.717) is 5.65 Å². The van der Waals surface area contributed by atoms with E-state index in [2.05, 4.69) is 43.5 Å². The molecule has 0 amide bonds. The molecule has 4 nitrogen and oxygen atoms in total. The number of aromatic carboxylic acids is 1. The van der Waals surface area contributed by atoms with Crippen LogP contribution in [0.5, 0.6) is 0 Å². The van der Waals surface area contributed by atoms with Crippen molar-refractivity contribution in [1.29, 1.82) is 0 Å². The third kappa shape index (κ3) is 1.63. The second-order valence-corrected chi connectivity index (χ2v) is 4.75. The Morgan fingerprint density at radius 2 is 2.29 bits per heavy atom. The molecule has 6 heteroatoms. The molecule has 0 aromatic carbocycles. The van der Waals surface area contributed by atoms with Crippen molar-refractivity contribution in [3.05, 3.63) is 32.2 Å². The van der Waals surface area contributed by atoms with Gasteiger partial charge in [-0.25, -0.2) is 9.78 Å². The van der Waals surface area contributed by atoms with Crippen molar-refractivity contribution in [3.8, 4) is 0 Å². The average molecular weight is 367 g/mol. The topological polar surface area (TPSA) is 54.6 Å². The number of carbonyl (C=O) groups is 1. The number of nitrogens with zero attached hydrogens (tertiary/aromatic N) is 2. The standard InChI is InChI=1S/C8H4BrIN2O2/c9-4-1-5(10)7-11-6(8(13)14)3-12(7)2-4/h1-3H,(H,13,14). The molecular formula is C8H4BrIN2O2. The Bertz CT molecular complexity index is 523. The zero-order valence-corrected chi connectivity index (χ0v) is 10.5. The lowest BCUT2D eigenvalue weighted by Crippen LogP contribution is -1.95. The van der Waals surface area contributed by atoms with Crippen LogP contribution in [-0.4, -0.2) is 20.5 Å². The highest BCUT2D eigenvalue weighted by molar-refractivity contribution is 14.1. The summed E-state index contributed by atoms with van der Waals surface area (Å²) in [6, 6.07) is 1.88. The van der Waals surface area contributed by atoms with Crippen molar-refractivity contribution in [2.24, 2.45) is 0 Å². The van der Waals surface area contributed by atoms with Crippen LogP contribution >= 0.6 is 38.5 Å². The first-order chi connectivity index (χ1) is 6.58. The molecule has 0 saturated carbocycles. The van der Waals surface area contributed by atoms with Crippen LogP contribution < -0.4 is 0 Å². The molecule has 0 unspecified atom stereocenters. The second-order valence-electron chi connectivity index (χ2n) is 2.67. The van der Waals surface area contributed by atoms with E-state index in [1.165, 1.54) is 6.20 Å². The lowest BCUT2D eigenvalue weighted by Gasteiger charge is -1.96. The van der Waals surface area contributed by atoms with Crippen molar-refractivity contribution < 1.29 is 9.90 Å². The van der Waals surface area contributed by atoms with Gasteiger partial charge in [0.25, 0.3) is 0 Å². The molecule has 0 fully saturated rings. The number of hydrogen-bond acceptors (Lipinski definition) is 2. The van der Waals surface area contributed by atoms with Gasteiger partial charge in [-0.2, -0.15) is 0 Å². The summed E-state index contributed by atoms with van der Waals surface area (Å²) in [7, 11) is 0. The molecule has 0 bridgehead atoms. The number of carboxylic acid groups (broad SMARTS) is 1. The Hall–Kier alpha value is -0.630. The first-order valence-corrected chi connectivity index (χ1v) is 5.52. The Morgan fingerprint density at radius 3 is 2.93 bits per heavy atom. The lowest BCUT2D eigenvalue weighted by atomic mass is 10.5. The fourth-order valence-electron chi connectivity index (χ4n) is 1.13. The van der Waals surface area contributed by atoms with Crippen LogP contribution in [0.2, 0.25) is 0 Å². The van der Waals surface area contributed by atoms with Gasteiger partial charge in [-0.15, -0.1) is 0 Å². The predicted molar refractivity (Wildman–Crippen MR) is 62.6 cm³/mol. The molecule has 72 valence electrons. The van der Waals surface area contributed by atoms with E-state index < -0.39 is 5.97 Å². The van der Waals surface area contributed by atoms with E-state index in [4.69, 9.17) is 5.11 Å². The summed E-state index contributed by atoms with van der Waals surface area (Å²) in [4.78, 5) is 14.7. The number of rotatable bonds is 1. The van der Waals surface area contributed by atoms with Gasteiger partial charge >= 0.3 is 5.97 Å². The molecule has 2 rings (SSSR count). The number of hydrogen-bond donors (Lipinski definition) is 1. The quantitative estimate of drug-likeness (QED) is 0.788. The average Bonchev–Trinajstić information content (AvgIpc) is 2.47. The predicted octanol–water partition coefficient (Wildman–Crippen LogP) is 2.40. The lowest BCUT2D eigenvalue weighted by molar-refractivity contribution is 0.0691. The van der Waals surface area contributed by atoms with Crippen LogP contribution in [0.3, 0.4) is 0 Å². The summed E-state index contributed by atoms with van der Waals surface area (Å²) in [6.45, 7) is 0. The van der Waals surface area contributed by atoms with Crippen LogP contribution in [0.1, 0.15) is 10.5 Å². The minimum absolute atomic E-state index is 0.0565. The third-order valence-electron chi connectivity index (χ3n) is 1.69. The van der Waals surface area contributed by atoms with Gasteiger partial charge in [0.2, 0.25) is 0 Å². The van der Waals surface area contributed by atoms with Gasteiger partial charge in [0.15, 0.2) is 11.3 Å². The third-order valence-corrected chi connectivity index (χ3v) is 2.92. The fraction of sp³-hybridized carbons (Fsp3) is 0. The minimum atomic E-state index is -1.01. The van der Waals surface area contributed by atoms with Gasteiger partial charge in [-0.3, -0.25) is 0 Å². The van der Waals surface area contributed by atoms with E-state index in [0.717, 1.165) is 8.04 Å². The number of aromatic nitrogens is 2. The van der Waals surface area contributed by atoms with Gasteiger partial charge in [0, 0.05) is 16.9 Å². The van der Waals surface area contributed by atoms with Gasteiger partial charge in [0.1, 0.15) is 0 Å². The monoisotopic (exact) mass is 366 g/mol. The smallest absolute Gasteiger partial charge is 0.356 e. The SMILES string of the molecule is O=C(O)c1cn2cc(Br)cc(I)c2n1. The van der Waals surface area contributed by atoms with E-state index in [9.17, 15) is 4.79 Å². The summed E-state index contributed by atoms with van der Waals surface area (Å²) in [6.07, 6.45) is 3.27. The van der Waals surface area contributed by atoms with Crippen molar-refractivity contribution in [1.82, 2.24) is 9.38 Å². The van der Waals surface area contributed by atoms with Gasteiger partial charge < -0.3 is 9.51 Å². The first-order valence-electron chi connectivity index (χ1n) is 3.65. The summed E-state index contributed by atoms with van der Waals surface area (Å²) >= 11 is 5.44. The zero-order valence-electron chi connectivity index (χ0n) is 6.74. The van der Waals surface area contributed by atoms with E-state index >= 15 is 0 Å². The highest BCUT2D eigenvalue weighted by Crippen LogP contribution is 2.19. The normalized spacial score (nSPS) is 10.7. The molecule has 0 aliphatic rings. The number of halogens is 2. The fourth-order valence-corrected chi connectivity index (χ4v) is 2.74. The maximum Gasteiger partial charge on any atom is 0.356 e. The molecule has 2 heterocycles. The number of pyridine rings is 1. The molecule has 0 atom stereocenters. The summed E-state index contributed by atoms with van der Waals surface area (Å²) in [5.41, 5.74) is 0.715. The highest BCUT2D eigenvalue weighted by atomic mass is 127. The molecule has 14 heavy (non-hydrogen) atoms. The molecule has 2 aromatic rings. The maximum atomic E-state index is 10.7. The molecule has 0 spiro atoms. The van der Waals surface area contributed by atoms with Crippen molar-refractivity contribution in [2.75, 3.05) is 0 Å². The van der Waals surface area contributed by atoms with Crippen LogP contribution in [0.15, 0.2) is 22.9 Å². The van der Waals surface area contributed by atoms with Crippen molar-refractivity contribution in [3.63, 3.8) is 0 Å². The Morgan fingerprint density at radius 1 is 1.57 bits per heavy atom. The van der Waals surface area contributed by atoms with Gasteiger partial charge in [-0.05, 0) is 44.6 Å². The molecule has 0 aliphatic carbocycles. The minimum Gasteiger partial charge on any atom is -0.476 e. The maximum absolute atomic E-state index is 10.7. The molecular weight excluding hydrogens is 363 g/mol. The van der Waals surface area contributed by atoms with Gasteiger partial charge in [-0.1, -0.05) is 0 Å². The summed E-state index contributed by atoms with van der Waals surface area (Å²) in [5, 5.41) is 8.76. The summed E-state index contributed by atoms with van der Waals surface area (Å²) < 4.78 is 3.49. The molecule has 0 radical (unpaired) electrons. The molecule has 0 aliphatic heterocycles.